The maximum Gasteiger partial charge on any atom is 0.236 e. The highest BCUT2D eigenvalue weighted by molar-refractivity contribution is 5.78. The van der Waals surface area contributed by atoms with Gasteiger partial charge in [-0.15, -0.1) is 0 Å². The first kappa shape index (κ1) is 14.5. The Bertz CT molecular complexity index is 225. The van der Waals surface area contributed by atoms with E-state index in [0.29, 0.717) is 12.6 Å². The Morgan fingerprint density at radius 3 is 2.88 bits per heavy atom. The molecular weight excluding hydrogens is 214 g/mol. The van der Waals surface area contributed by atoms with Crippen molar-refractivity contribution in [2.45, 2.75) is 39.2 Å². The zero-order valence-electron chi connectivity index (χ0n) is 11.5. The number of carbonyl (C=O) groups is 1. The molecule has 0 radical (unpaired) electrons. The fraction of sp³-hybridized carbons (Fsp3) is 0.923. The highest BCUT2D eigenvalue weighted by atomic mass is 16.2. The number of carbonyl (C=O) groups excluding carboxylic acids is 1. The Hall–Kier alpha value is -0.610. The summed E-state index contributed by atoms with van der Waals surface area (Å²) in [5.74, 6) is 0.257. The zero-order valence-corrected chi connectivity index (χ0v) is 11.5. The SMILES string of the molecule is CCCC(C)N(C)C(=O)CN1CCCNCC1. The highest BCUT2D eigenvalue weighted by Gasteiger charge is 2.18. The molecule has 0 aromatic rings. The molecule has 1 aliphatic heterocycles. The molecule has 4 nitrogen and oxygen atoms in total. The van der Waals surface area contributed by atoms with Gasteiger partial charge in [-0.05, 0) is 32.9 Å². The van der Waals surface area contributed by atoms with E-state index in [1.165, 1.54) is 0 Å². The highest BCUT2D eigenvalue weighted by Crippen LogP contribution is 2.05. The lowest BCUT2D eigenvalue weighted by Gasteiger charge is -2.28. The molecule has 0 spiro atoms. The van der Waals surface area contributed by atoms with Gasteiger partial charge < -0.3 is 10.2 Å². The number of rotatable bonds is 5. The minimum Gasteiger partial charge on any atom is -0.342 e. The molecule has 1 aliphatic rings. The summed E-state index contributed by atoms with van der Waals surface area (Å²) in [7, 11) is 1.93. The number of hydrogen-bond acceptors (Lipinski definition) is 3. The minimum atomic E-state index is 0.257. The zero-order chi connectivity index (χ0) is 12.7. The predicted octanol–water partition coefficient (Wildman–Crippen LogP) is 0.929. The van der Waals surface area contributed by atoms with Crippen molar-refractivity contribution in [2.24, 2.45) is 0 Å². The van der Waals surface area contributed by atoms with E-state index >= 15 is 0 Å². The molecule has 0 aromatic carbocycles. The average Bonchev–Trinajstić information content (AvgIpc) is 2.57. The molecule has 1 heterocycles. The van der Waals surface area contributed by atoms with Crippen molar-refractivity contribution in [3.63, 3.8) is 0 Å². The second-order valence-electron chi connectivity index (χ2n) is 5.02. The first-order valence-electron chi connectivity index (χ1n) is 6.84. The van der Waals surface area contributed by atoms with Gasteiger partial charge >= 0.3 is 0 Å². The topological polar surface area (TPSA) is 35.6 Å². The second kappa shape index (κ2) is 7.67. The van der Waals surface area contributed by atoms with Crippen LogP contribution in [0.3, 0.4) is 0 Å². The lowest BCUT2D eigenvalue weighted by Crippen LogP contribution is -2.43. The Labute approximate surface area is 105 Å². The lowest BCUT2D eigenvalue weighted by atomic mass is 10.2. The van der Waals surface area contributed by atoms with Gasteiger partial charge in [0.2, 0.25) is 5.91 Å². The van der Waals surface area contributed by atoms with Gasteiger partial charge in [0.05, 0.1) is 6.54 Å². The molecule has 0 saturated carbocycles. The summed E-state index contributed by atoms with van der Waals surface area (Å²) in [6.07, 6.45) is 3.36. The summed E-state index contributed by atoms with van der Waals surface area (Å²) in [5, 5.41) is 3.36. The third-order valence-electron chi connectivity index (χ3n) is 3.55. The van der Waals surface area contributed by atoms with Crippen molar-refractivity contribution >= 4 is 5.91 Å². The summed E-state index contributed by atoms with van der Waals surface area (Å²) < 4.78 is 0. The third kappa shape index (κ3) is 5.04. The molecule has 1 saturated heterocycles. The third-order valence-corrected chi connectivity index (χ3v) is 3.55. The van der Waals surface area contributed by atoms with Crippen LogP contribution in [-0.2, 0) is 4.79 Å². The maximum atomic E-state index is 12.1. The molecule has 1 atom stereocenters. The molecule has 0 bridgehead atoms. The average molecular weight is 241 g/mol. The van der Waals surface area contributed by atoms with Crippen LogP contribution in [0.15, 0.2) is 0 Å². The molecule has 1 amide bonds. The van der Waals surface area contributed by atoms with Gasteiger partial charge in [0, 0.05) is 26.2 Å². The molecule has 0 aliphatic carbocycles. The normalized spacial score (nSPS) is 19.7. The molecule has 1 unspecified atom stereocenters. The van der Waals surface area contributed by atoms with Crippen molar-refractivity contribution in [3.8, 4) is 0 Å². The Morgan fingerprint density at radius 2 is 2.18 bits per heavy atom. The molecule has 0 aromatic heterocycles. The molecule has 100 valence electrons. The van der Waals surface area contributed by atoms with Crippen LogP contribution in [0.5, 0.6) is 0 Å². The van der Waals surface area contributed by atoms with Gasteiger partial charge in [-0.3, -0.25) is 9.69 Å². The number of hydrogen-bond donors (Lipinski definition) is 1. The molecule has 4 heteroatoms. The molecule has 1 fully saturated rings. The van der Waals surface area contributed by atoms with E-state index in [1.54, 1.807) is 0 Å². The molecule has 1 N–H and O–H groups in total. The van der Waals surface area contributed by atoms with Gasteiger partial charge in [0.15, 0.2) is 0 Å². The summed E-state index contributed by atoms with van der Waals surface area (Å²) in [6.45, 7) is 8.97. The maximum absolute atomic E-state index is 12.1. The second-order valence-corrected chi connectivity index (χ2v) is 5.02. The summed E-state index contributed by atoms with van der Waals surface area (Å²) in [4.78, 5) is 16.3. The van der Waals surface area contributed by atoms with E-state index in [0.717, 1.165) is 45.4 Å². The number of nitrogens with zero attached hydrogens (tertiary/aromatic N) is 2. The lowest BCUT2D eigenvalue weighted by molar-refractivity contribution is -0.133. The fourth-order valence-electron chi connectivity index (χ4n) is 2.22. The van der Waals surface area contributed by atoms with Crippen molar-refractivity contribution < 1.29 is 4.79 Å². The standard InChI is InChI=1S/C13H27N3O/c1-4-6-12(2)15(3)13(17)11-16-9-5-7-14-8-10-16/h12,14H,4-11H2,1-3H3. The van der Waals surface area contributed by atoms with E-state index < -0.39 is 0 Å². The van der Waals surface area contributed by atoms with Gasteiger partial charge in [-0.2, -0.15) is 0 Å². The number of nitrogens with one attached hydrogen (secondary N) is 1. The van der Waals surface area contributed by atoms with Crippen LogP contribution in [0.1, 0.15) is 33.1 Å². The van der Waals surface area contributed by atoms with Gasteiger partial charge in [0.1, 0.15) is 0 Å². The molecule has 17 heavy (non-hydrogen) atoms. The van der Waals surface area contributed by atoms with E-state index in [4.69, 9.17) is 0 Å². The Kier molecular flexibility index (Phi) is 6.52. The quantitative estimate of drug-likeness (QED) is 0.778. The van der Waals surface area contributed by atoms with Gasteiger partial charge in [0.25, 0.3) is 0 Å². The minimum absolute atomic E-state index is 0.257. The predicted molar refractivity (Wildman–Crippen MR) is 71.1 cm³/mol. The molecule has 1 rings (SSSR count). The van der Waals surface area contributed by atoms with E-state index in [9.17, 15) is 4.79 Å². The Morgan fingerprint density at radius 1 is 1.41 bits per heavy atom. The van der Waals surface area contributed by atoms with Crippen LogP contribution < -0.4 is 5.32 Å². The summed E-state index contributed by atoms with van der Waals surface area (Å²) in [6, 6.07) is 0.359. The largest absolute Gasteiger partial charge is 0.342 e. The van der Waals surface area contributed by atoms with Crippen LogP contribution in [-0.4, -0.2) is 61.5 Å². The van der Waals surface area contributed by atoms with Crippen LogP contribution in [0, 0.1) is 0 Å². The van der Waals surface area contributed by atoms with Crippen molar-refractivity contribution in [1.29, 1.82) is 0 Å². The van der Waals surface area contributed by atoms with Crippen molar-refractivity contribution in [2.75, 3.05) is 39.8 Å². The van der Waals surface area contributed by atoms with Crippen molar-refractivity contribution in [1.82, 2.24) is 15.1 Å². The summed E-state index contributed by atoms with van der Waals surface area (Å²) in [5.41, 5.74) is 0. The number of likely N-dealkylation sites (N-methyl/N-ethyl adjacent to an activating group) is 1. The van der Waals surface area contributed by atoms with Gasteiger partial charge in [-0.1, -0.05) is 13.3 Å². The number of amides is 1. The summed E-state index contributed by atoms with van der Waals surface area (Å²) >= 11 is 0. The smallest absolute Gasteiger partial charge is 0.236 e. The van der Waals surface area contributed by atoms with Crippen molar-refractivity contribution in [3.05, 3.63) is 0 Å². The monoisotopic (exact) mass is 241 g/mol. The fourth-order valence-corrected chi connectivity index (χ4v) is 2.22. The van der Waals surface area contributed by atoms with Crippen LogP contribution >= 0.6 is 0 Å². The molecular formula is C13H27N3O. The van der Waals surface area contributed by atoms with Crippen LogP contribution in [0.4, 0.5) is 0 Å². The first-order valence-corrected chi connectivity index (χ1v) is 6.84. The van der Waals surface area contributed by atoms with Crippen LogP contribution in [0.2, 0.25) is 0 Å². The van der Waals surface area contributed by atoms with E-state index in [2.05, 4.69) is 24.1 Å². The van der Waals surface area contributed by atoms with Gasteiger partial charge in [-0.25, -0.2) is 0 Å². The van der Waals surface area contributed by atoms with E-state index in [1.807, 2.05) is 11.9 Å². The first-order chi connectivity index (χ1) is 8.15. The van der Waals surface area contributed by atoms with E-state index in [-0.39, 0.29) is 5.91 Å². The Balaban J connectivity index is 2.35. The van der Waals surface area contributed by atoms with Crippen LogP contribution in [0.25, 0.3) is 0 Å².